The molecule has 0 spiro atoms. The molecular weight excluding hydrogens is 374 g/mol. The summed E-state index contributed by atoms with van der Waals surface area (Å²) in [4.78, 5) is 36.2. The zero-order chi connectivity index (χ0) is 20.4. The van der Waals surface area contributed by atoms with E-state index in [0.717, 1.165) is 5.52 Å². The van der Waals surface area contributed by atoms with Crippen LogP contribution in [0.1, 0.15) is 22.8 Å². The van der Waals surface area contributed by atoms with Crippen molar-refractivity contribution in [2.45, 2.75) is 19.0 Å². The number of carbonyl (C=O) groups is 1. The van der Waals surface area contributed by atoms with Gasteiger partial charge in [-0.1, -0.05) is 0 Å². The van der Waals surface area contributed by atoms with E-state index >= 15 is 0 Å². The molecule has 152 valence electrons. The first kappa shape index (κ1) is 19.1. The van der Waals surface area contributed by atoms with Gasteiger partial charge >= 0.3 is 5.69 Å². The monoisotopic (exact) mass is 397 g/mol. The maximum atomic E-state index is 13.1. The van der Waals surface area contributed by atoms with Gasteiger partial charge in [0.1, 0.15) is 0 Å². The van der Waals surface area contributed by atoms with Crippen LogP contribution in [-0.4, -0.2) is 63.8 Å². The zero-order valence-electron chi connectivity index (χ0n) is 16.4. The molecule has 4 heterocycles. The summed E-state index contributed by atoms with van der Waals surface area (Å²) < 4.78 is 13.6. The Labute approximate surface area is 167 Å². The Hall–Kier alpha value is -3.20. The van der Waals surface area contributed by atoms with Crippen LogP contribution in [-0.2, 0) is 11.3 Å². The topological polar surface area (TPSA) is 91.5 Å². The quantitative estimate of drug-likeness (QED) is 0.623. The molecule has 1 fully saturated rings. The van der Waals surface area contributed by atoms with Gasteiger partial charge < -0.3 is 14.4 Å². The number of hydrogen-bond acceptors (Lipinski definition) is 6. The van der Waals surface area contributed by atoms with E-state index in [0.29, 0.717) is 49.8 Å². The fourth-order valence-corrected chi connectivity index (χ4v) is 3.78. The number of likely N-dealkylation sites (tertiary alicyclic amines) is 1. The van der Waals surface area contributed by atoms with Crippen LogP contribution in [0, 0.1) is 0 Å². The van der Waals surface area contributed by atoms with Crippen LogP contribution in [0.3, 0.4) is 0 Å². The maximum Gasteiger partial charge on any atom is 0.330 e. The molecule has 0 N–H and O–H groups in total. The van der Waals surface area contributed by atoms with Gasteiger partial charge in [0.25, 0.3) is 5.91 Å². The van der Waals surface area contributed by atoms with Crippen molar-refractivity contribution in [3.8, 4) is 5.88 Å². The molecule has 1 aliphatic heterocycles. The smallest absolute Gasteiger partial charge is 0.330 e. The summed E-state index contributed by atoms with van der Waals surface area (Å²) in [7, 11) is 3.14. The van der Waals surface area contributed by atoms with Crippen LogP contribution in [0.25, 0.3) is 11.2 Å². The summed E-state index contributed by atoms with van der Waals surface area (Å²) in [5, 5.41) is 0. The summed E-state index contributed by atoms with van der Waals surface area (Å²) in [6.07, 6.45) is 3.88. The van der Waals surface area contributed by atoms with Crippen molar-refractivity contribution in [1.29, 1.82) is 0 Å². The molecule has 0 aromatic carbocycles. The van der Waals surface area contributed by atoms with Gasteiger partial charge in [-0.15, -0.1) is 0 Å². The highest BCUT2D eigenvalue weighted by Crippen LogP contribution is 2.25. The van der Waals surface area contributed by atoms with Gasteiger partial charge in [0.2, 0.25) is 5.88 Å². The average Bonchev–Trinajstić information content (AvgIpc) is 3.34. The SMILES string of the molecule is COCCn1c(=O)n([C@@H]2CCN(C(=O)c3ccc(OC)nc3)C2)c2ncccc21. The third-order valence-electron chi connectivity index (χ3n) is 5.25. The summed E-state index contributed by atoms with van der Waals surface area (Å²) in [6, 6.07) is 6.94. The molecule has 3 aromatic heterocycles. The molecule has 0 bridgehead atoms. The van der Waals surface area contributed by atoms with Gasteiger partial charge in [-0.3, -0.25) is 13.9 Å². The van der Waals surface area contributed by atoms with E-state index in [1.165, 1.54) is 13.3 Å². The number of amides is 1. The van der Waals surface area contributed by atoms with E-state index in [1.807, 2.05) is 12.1 Å². The lowest BCUT2D eigenvalue weighted by molar-refractivity contribution is 0.0787. The number of nitrogens with zero attached hydrogens (tertiary/aromatic N) is 5. The number of fused-ring (bicyclic) bond motifs is 1. The molecule has 0 saturated carbocycles. The Morgan fingerprint density at radius 3 is 2.83 bits per heavy atom. The van der Waals surface area contributed by atoms with Crippen LogP contribution < -0.4 is 10.4 Å². The number of rotatable bonds is 6. The summed E-state index contributed by atoms with van der Waals surface area (Å²) >= 11 is 0. The second-order valence-corrected chi connectivity index (χ2v) is 6.93. The first-order chi connectivity index (χ1) is 14.1. The van der Waals surface area contributed by atoms with E-state index in [9.17, 15) is 9.59 Å². The predicted octanol–water partition coefficient (Wildman–Crippen LogP) is 1.34. The average molecular weight is 397 g/mol. The van der Waals surface area contributed by atoms with Crippen LogP contribution >= 0.6 is 0 Å². The van der Waals surface area contributed by atoms with E-state index in [-0.39, 0.29) is 17.6 Å². The number of ether oxygens (including phenoxy) is 2. The van der Waals surface area contributed by atoms with E-state index < -0.39 is 0 Å². The number of aromatic nitrogens is 4. The Bertz CT molecular complexity index is 1070. The van der Waals surface area contributed by atoms with Crippen molar-refractivity contribution in [2.75, 3.05) is 33.9 Å². The first-order valence-corrected chi connectivity index (χ1v) is 9.48. The molecule has 1 amide bonds. The molecule has 4 rings (SSSR count). The molecule has 9 nitrogen and oxygen atoms in total. The van der Waals surface area contributed by atoms with Gasteiger partial charge in [-0.2, -0.15) is 0 Å². The molecule has 1 aliphatic rings. The standard InChI is InChI=1S/C20H23N5O4/c1-28-11-10-24-16-4-3-8-21-18(16)25(20(24)27)15-7-9-23(13-15)19(26)14-5-6-17(29-2)22-12-14/h3-6,8,12,15H,7,9-11,13H2,1-2H3/t15-/m1/s1. The lowest BCUT2D eigenvalue weighted by Crippen LogP contribution is -2.32. The fourth-order valence-electron chi connectivity index (χ4n) is 3.78. The third-order valence-corrected chi connectivity index (χ3v) is 5.25. The first-order valence-electron chi connectivity index (χ1n) is 9.48. The maximum absolute atomic E-state index is 13.1. The second-order valence-electron chi connectivity index (χ2n) is 6.93. The Morgan fingerprint density at radius 2 is 2.10 bits per heavy atom. The van der Waals surface area contributed by atoms with Gasteiger partial charge in [0.05, 0.1) is 37.4 Å². The number of carbonyl (C=O) groups excluding carboxylic acids is 1. The van der Waals surface area contributed by atoms with Crippen LogP contribution in [0.4, 0.5) is 0 Å². The van der Waals surface area contributed by atoms with E-state index in [2.05, 4.69) is 9.97 Å². The minimum atomic E-state index is -0.126. The largest absolute Gasteiger partial charge is 0.481 e. The molecule has 1 atom stereocenters. The van der Waals surface area contributed by atoms with Gasteiger partial charge in [0, 0.05) is 38.7 Å². The molecule has 29 heavy (non-hydrogen) atoms. The molecule has 3 aromatic rings. The highest BCUT2D eigenvalue weighted by Gasteiger charge is 2.31. The van der Waals surface area contributed by atoms with Crippen molar-refractivity contribution in [2.24, 2.45) is 0 Å². The fraction of sp³-hybridized carbons (Fsp3) is 0.400. The second kappa shape index (κ2) is 8.04. The van der Waals surface area contributed by atoms with Crippen molar-refractivity contribution in [3.63, 3.8) is 0 Å². The minimum Gasteiger partial charge on any atom is -0.481 e. The molecule has 0 aliphatic carbocycles. The molecule has 0 unspecified atom stereocenters. The predicted molar refractivity (Wildman–Crippen MR) is 106 cm³/mol. The normalized spacial score (nSPS) is 16.5. The Balaban J connectivity index is 1.60. The highest BCUT2D eigenvalue weighted by atomic mass is 16.5. The van der Waals surface area contributed by atoms with Gasteiger partial charge in [0.15, 0.2) is 5.65 Å². The Morgan fingerprint density at radius 1 is 1.24 bits per heavy atom. The minimum absolute atomic E-state index is 0.105. The summed E-state index contributed by atoms with van der Waals surface area (Å²) in [5.74, 6) is 0.356. The van der Waals surface area contributed by atoms with Crippen molar-refractivity contribution >= 4 is 17.1 Å². The lowest BCUT2D eigenvalue weighted by atomic mass is 10.2. The van der Waals surface area contributed by atoms with Gasteiger partial charge in [-0.25, -0.2) is 14.8 Å². The van der Waals surface area contributed by atoms with Crippen LogP contribution in [0.2, 0.25) is 0 Å². The van der Waals surface area contributed by atoms with Gasteiger partial charge in [-0.05, 0) is 24.6 Å². The third kappa shape index (κ3) is 3.49. The van der Waals surface area contributed by atoms with Crippen LogP contribution in [0.15, 0.2) is 41.5 Å². The van der Waals surface area contributed by atoms with E-state index in [4.69, 9.17) is 9.47 Å². The van der Waals surface area contributed by atoms with Crippen molar-refractivity contribution < 1.29 is 14.3 Å². The Kier molecular flexibility index (Phi) is 5.30. The zero-order valence-corrected chi connectivity index (χ0v) is 16.4. The van der Waals surface area contributed by atoms with Crippen molar-refractivity contribution in [3.05, 3.63) is 52.7 Å². The number of methoxy groups -OCH3 is 2. The molecule has 9 heteroatoms. The van der Waals surface area contributed by atoms with Crippen molar-refractivity contribution in [1.82, 2.24) is 24.0 Å². The number of pyridine rings is 2. The summed E-state index contributed by atoms with van der Waals surface area (Å²) in [6.45, 7) is 1.91. The molecular formula is C20H23N5O4. The molecule has 0 radical (unpaired) electrons. The highest BCUT2D eigenvalue weighted by molar-refractivity contribution is 5.94. The summed E-state index contributed by atoms with van der Waals surface area (Å²) in [5.41, 5.74) is 1.79. The molecule has 1 saturated heterocycles. The van der Waals surface area contributed by atoms with E-state index in [1.54, 1.807) is 39.5 Å². The lowest BCUT2D eigenvalue weighted by Gasteiger charge is -2.17. The van der Waals surface area contributed by atoms with Crippen LogP contribution in [0.5, 0.6) is 5.88 Å². The number of imidazole rings is 1. The number of hydrogen-bond donors (Lipinski definition) is 0.